The molecule has 12 heavy (non-hydrogen) atoms. The van der Waals surface area contributed by atoms with E-state index in [9.17, 15) is 9.59 Å². The van der Waals surface area contributed by atoms with E-state index in [-0.39, 0.29) is 5.56 Å². The van der Waals surface area contributed by atoms with Crippen LogP contribution in [-0.4, -0.2) is 15.2 Å². The lowest BCUT2D eigenvalue weighted by atomic mass is 10.2. The molecule has 0 spiro atoms. The molecule has 0 aliphatic heterocycles. The highest BCUT2D eigenvalue weighted by atomic mass is 16.2. The van der Waals surface area contributed by atoms with E-state index < -0.39 is 5.69 Å². The Balaban J connectivity index is 2.87. The largest absolute Gasteiger partial charge is 0.342 e. The number of H-pyrrole nitrogens is 2. The van der Waals surface area contributed by atoms with Crippen LogP contribution in [0.4, 0.5) is 0 Å². The lowest BCUT2D eigenvalue weighted by molar-refractivity contribution is 0.729. The number of hydrogen-bond donors (Lipinski definition) is 2. The van der Waals surface area contributed by atoms with Crippen molar-refractivity contribution < 1.29 is 0 Å². The van der Waals surface area contributed by atoms with Gasteiger partial charge < -0.3 is 0 Å². The van der Waals surface area contributed by atoms with E-state index in [4.69, 9.17) is 0 Å². The van der Waals surface area contributed by atoms with Crippen LogP contribution in [0.25, 0.3) is 0 Å². The Morgan fingerprint density at radius 1 is 1.42 bits per heavy atom. The first kappa shape index (κ1) is 8.70. The van der Waals surface area contributed by atoms with Crippen LogP contribution in [0, 0.1) is 0 Å². The molecule has 0 aliphatic carbocycles. The Morgan fingerprint density at radius 3 is 2.75 bits per heavy atom. The molecule has 5 heteroatoms. The molecule has 5 nitrogen and oxygen atoms in total. The van der Waals surface area contributed by atoms with Gasteiger partial charge >= 0.3 is 5.69 Å². The molecular formula is C7H11N3O2. The molecule has 0 aliphatic rings. The number of aromatic nitrogens is 3. The topological polar surface area (TPSA) is 78.6 Å². The number of rotatable bonds is 3. The summed E-state index contributed by atoms with van der Waals surface area (Å²) in [6.45, 7) is 2.03. The fourth-order valence-corrected chi connectivity index (χ4v) is 0.886. The normalized spacial score (nSPS) is 10.1. The Labute approximate surface area is 68.8 Å². The Kier molecular flexibility index (Phi) is 2.79. The maximum Gasteiger partial charge on any atom is 0.342 e. The molecule has 66 valence electrons. The second-order valence-corrected chi connectivity index (χ2v) is 2.56. The van der Waals surface area contributed by atoms with Gasteiger partial charge in [0, 0.05) is 0 Å². The highest BCUT2D eigenvalue weighted by molar-refractivity contribution is 4.91. The first-order valence-electron chi connectivity index (χ1n) is 3.92. The third-order valence-electron chi connectivity index (χ3n) is 1.55. The van der Waals surface area contributed by atoms with Crippen molar-refractivity contribution in [3.05, 3.63) is 26.5 Å². The van der Waals surface area contributed by atoms with Gasteiger partial charge in [-0.15, -0.1) is 0 Å². The van der Waals surface area contributed by atoms with Gasteiger partial charge in [-0.25, -0.2) is 9.89 Å². The van der Waals surface area contributed by atoms with Gasteiger partial charge in [0.25, 0.3) is 5.56 Å². The molecule has 0 saturated heterocycles. The van der Waals surface area contributed by atoms with Gasteiger partial charge in [0.05, 0.1) is 0 Å². The predicted octanol–water partition coefficient (Wildman–Crippen LogP) is -0.199. The summed E-state index contributed by atoms with van der Waals surface area (Å²) in [4.78, 5) is 23.7. The minimum Gasteiger partial charge on any atom is -0.271 e. The molecule has 1 rings (SSSR count). The average molecular weight is 169 g/mol. The van der Waals surface area contributed by atoms with Crippen LogP contribution in [0.3, 0.4) is 0 Å². The van der Waals surface area contributed by atoms with E-state index in [0.717, 1.165) is 12.8 Å². The van der Waals surface area contributed by atoms with E-state index in [1.165, 1.54) is 0 Å². The van der Waals surface area contributed by atoms with Gasteiger partial charge in [-0.3, -0.25) is 9.78 Å². The van der Waals surface area contributed by atoms with E-state index >= 15 is 0 Å². The molecule has 0 fully saturated rings. The smallest absolute Gasteiger partial charge is 0.271 e. The molecule has 0 saturated carbocycles. The van der Waals surface area contributed by atoms with E-state index in [0.29, 0.717) is 12.1 Å². The number of nitrogens with zero attached hydrogens (tertiary/aromatic N) is 1. The SMILES string of the molecule is CCCCc1n[nH]c(=O)[nH]c1=O. The van der Waals surface area contributed by atoms with E-state index in [2.05, 4.69) is 15.2 Å². The first-order chi connectivity index (χ1) is 5.74. The number of aromatic amines is 2. The monoisotopic (exact) mass is 169 g/mol. The zero-order chi connectivity index (χ0) is 8.97. The summed E-state index contributed by atoms with van der Waals surface area (Å²) in [5, 5.41) is 5.82. The molecular weight excluding hydrogens is 158 g/mol. The van der Waals surface area contributed by atoms with E-state index in [1.807, 2.05) is 6.92 Å². The van der Waals surface area contributed by atoms with Gasteiger partial charge in [0.15, 0.2) is 0 Å². The molecule has 1 heterocycles. The summed E-state index contributed by atoms with van der Waals surface area (Å²) in [7, 11) is 0. The summed E-state index contributed by atoms with van der Waals surface area (Å²) in [6, 6.07) is 0. The Hall–Kier alpha value is -1.39. The van der Waals surface area contributed by atoms with Gasteiger partial charge in [-0.1, -0.05) is 13.3 Å². The fourth-order valence-electron chi connectivity index (χ4n) is 0.886. The van der Waals surface area contributed by atoms with Crippen LogP contribution >= 0.6 is 0 Å². The number of hydrogen-bond acceptors (Lipinski definition) is 3. The van der Waals surface area contributed by atoms with Crippen LogP contribution in [0.15, 0.2) is 9.59 Å². The fraction of sp³-hybridized carbons (Fsp3) is 0.571. The maximum atomic E-state index is 11.0. The number of aryl methyl sites for hydroxylation is 1. The van der Waals surface area contributed by atoms with Crippen molar-refractivity contribution >= 4 is 0 Å². The van der Waals surface area contributed by atoms with Crippen molar-refractivity contribution in [1.29, 1.82) is 0 Å². The van der Waals surface area contributed by atoms with Crippen molar-refractivity contribution in [3.63, 3.8) is 0 Å². The molecule has 0 unspecified atom stereocenters. The second-order valence-electron chi connectivity index (χ2n) is 2.56. The van der Waals surface area contributed by atoms with Gasteiger partial charge in [-0.05, 0) is 12.8 Å². The molecule has 0 bridgehead atoms. The van der Waals surface area contributed by atoms with Crippen molar-refractivity contribution in [2.45, 2.75) is 26.2 Å². The van der Waals surface area contributed by atoms with Gasteiger partial charge in [-0.2, -0.15) is 5.10 Å². The average Bonchev–Trinajstić information content (AvgIpc) is 2.03. The first-order valence-corrected chi connectivity index (χ1v) is 3.92. The molecule has 2 N–H and O–H groups in total. The third kappa shape index (κ3) is 2.05. The summed E-state index contributed by atoms with van der Waals surface area (Å²) < 4.78 is 0. The number of unbranched alkanes of at least 4 members (excludes halogenated alkanes) is 1. The van der Waals surface area contributed by atoms with Crippen molar-refractivity contribution in [2.24, 2.45) is 0 Å². The van der Waals surface area contributed by atoms with Crippen molar-refractivity contribution in [2.75, 3.05) is 0 Å². The lowest BCUT2D eigenvalue weighted by Crippen LogP contribution is -2.27. The highest BCUT2D eigenvalue weighted by Gasteiger charge is 1.99. The highest BCUT2D eigenvalue weighted by Crippen LogP contribution is 1.92. The second kappa shape index (κ2) is 3.85. The van der Waals surface area contributed by atoms with Crippen molar-refractivity contribution in [1.82, 2.24) is 15.2 Å². The zero-order valence-electron chi connectivity index (χ0n) is 6.89. The summed E-state index contributed by atoms with van der Waals surface area (Å²) in [6.07, 6.45) is 2.52. The molecule has 0 aromatic carbocycles. The number of nitrogens with one attached hydrogen (secondary N) is 2. The third-order valence-corrected chi connectivity index (χ3v) is 1.55. The quantitative estimate of drug-likeness (QED) is 0.657. The van der Waals surface area contributed by atoms with Crippen LogP contribution in [0.2, 0.25) is 0 Å². The zero-order valence-corrected chi connectivity index (χ0v) is 6.89. The standard InChI is InChI=1S/C7H11N3O2/c1-2-3-4-5-6(11)8-7(12)10-9-5/h2-4H2,1H3,(H2,8,10,11,12). The Bertz CT molecular complexity index is 352. The summed E-state index contributed by atoms with van der Waals surface area (Å²) >= 11 is 0. The van der Waals surface area contributed by atoms with Crippen molar-refractivity contribution in [3.8, 4) is 0 Å². The minimum absolute atomic E-state index is 0.382. The van der Waals surface area contributed by atoms with Crippen LogP contribution in [0.5, 0.6) is 0 Å². The Morgan fingerprint density at radius 2 is 2.17 bits per heavy atom. The minimum atomic E-state index is -0.555. The van der Waals surface area contributed by atoms with Gasteiger partial charge in [0.2, 0.25) is 0 Å². The summed E-state index contributed by atoms with van der Waals surface area (Å²) in [5.41, 5.74) is -0.538. The van der Waals surface area contributed by atoms with Crippen LogP contribution in [0.1, 0.15) is 25.5 Å². The molecule has 1 aromatic heterocycles. The maximum absolute atomic E-state index is 11.0. The molecule has 0 amide bonds. The predicted molar refractivity (Wildman–Crippen MR) is 44.1 cm³/mol. The molecule has 1 aromatic rings. The van der Waals surface area contributed by atoms with Crippen LogP contribution in [-0.2, 0) is 6.42 Å². The summed E-state index contributed by atoms with van der Waals surface area (Å²) in [5.74, 6) is 0. The molecule has 0 atom stereocenters. The van der Waals surface area contributed by atoms with Gasteiger partial charge in [0.1, 0.15) is 5.69 Å². The lowest BCUT2D eigenvalue weighted by Gasteiger charge is -1.94. The van der Waals surface area contributed by atoms with Crippen LogP contribution < -0.4 is 11.2 Å². The molecule has 0 radical (unpaired) electrons. The van der Waals surface area contributed by atoms with E-state index in [1.54, 1.807) is 0 Å².